The van der Waals surface area contributed by atoms with Crippen LogP contribution >= 0.6 is 0 Å². The predicted octanol–water partition coefficient (Wildman–Crippen LogP) is 12.4. The second kappa shape index (κ2) is 11.8. The lowest BCUT2D eigenvalue weighted by atomic mass is 9.96. The highest BCUT2D eigenvalue weighted by atomic mass is 15.1. The molecule has 0 fully saturated rings. The van der Waals surface area contributed by atoms with Gasteiger partial charge in [0.2, 0.25) is 0 Å². The quantitative estimate of drug-likeness (QED) is 0.184. The van der Waals surface area contributed by atoms with Crippen molar-refractivity contribution >= 4 is 65.4 Å². The molecule has 0 atom stereocenters. The molecule has 0 aliphatic carbocycles. The number of rotatable bonds is 4. The van der Waals surface area contributed by atoms with Gasteiger partial charge >= 0.3 is 0 Å². The third kappa shape index (κ3) is 4.27. The van der Waals surface area contributed by atoms with Gasteiger partial charge in [0.15, 0.2) is 0 Å². The van der Waals surface area contributed by atoms with Crippen LogP contribution < -0.4 is 0 Å². The Morgan fingerprint density at radius 2 is 0.782 bits per heavy atom. The fraction of sp³-hybridized carbons (Fsp3) is 0. The molecule has 0 saturated carbocycles. The molecule has 254 valence electrons. The van der Waals surface area contributed by atoms with Crippen molar-refractivity contribution in [3.05, 3.63) is 187 Å². The monoisotopic (exact) mass is 699 g/mol. The van der Waals surface area contributed by atoms with Crippen molar-refractivity contribution in [1.29, 1.82) is 10.5 Å². The molecule has 5 nitrogen and oxygen atoms in total. The highest BCUT2D eigenvalue weighted by molar-refractivity contribution is 6.16. The van der Waals surface area contributed by atoms with Gasteiger partial charge in [-0.25, -0.2) is 0 Å². The molecule has 0 saturated heterocycles. The largest absolute Gasteiger partial charge is 0.308 e. The average Bonchev–Trinajstić information content (AvgIpc) is 3.89. The third-order valence-electron chi connectivity index (χ3n) is 11.1. The van der Waals surface area contributed by atoms with E-state index in [2.05, 4.69) is 153 Å². The van der Waals surface area contributed by atoms with Crippen LogP contribution in [0.5, 0.6) is 0 Å². The number of hydrogen-bond acceptors (Lipinski definition) is 2. The fourth-order valence-electron chi connectivity index (χ4n) is 8.95. The minimum atomic E-state index is 0.559. The lowest BCUT2D eigenvalue weighted by molar-refractivity contribution is 1.13. The van der Waals surface area contributed by atoms with E-state index in [0.717, 1.165) is 82.8 Å². The number of aromatic nitrogens is 3. The van der Waals surface area contributed by atoms with Crippen molar-refractivity contribution in [3.8, 4) is 40.3 Å². The Labute approximate surface area is 316 Å². The van der Waals surface area contributed by atoms with E-state index in [1.165, 1.54) is 10.8 Å². The number of fused-ring (bicyclic) bond motifs is 9. The summed E-state index contributed by atoms with van der Waals surface area (Å²) in [5, 5.41) is 27.8. The molecule has 0 aliphatic heterocycles. The topological polar surface area (TPSA) is 62.4 Å². The molecule has 0 radical (unpaired) electrons. The van der Waals surface area contributed by atoms with E-state index in [4.69, 9.17) is 0 Å². The molecule has 8 aromatic carbocycles. The number of nitrogens with zero attached hydrogens (tertiary/aromatic N) is 5. The normalized spacial score (nSPS) is 11.6. The third-order valence-corrected chi connectivity index (χ3v) is 11.1. The summed E-state index contributed by atoms with van der Waals surface area (Å²) < 4.78 is 6.91. The maximum absolute atomic E-state index is 11.1. The maximum atomic E-state index is 11.1. The maximum Gasteiger partial charge on any atom is 0.102 e. The van der Waals surface area contributed by atoms with Crippen LogP contribution in [-0.4, -0.2) is 13.7 Å². The van der Waals surface area contributed by atoms with Crippen molar-refractivity contribution in [2.75, 3.05) is 0 Å². The Morgan fingerprint density at radius 1 is 0.327 bits per heavy atom. The Kier molecular flexibility index (Phi) is 6.61. The van der Waals surface area contributed by atoms with E-state index in [1.54, 1.807) is 0 Å². The second-order valence-corrected chi connectivity index (χ2v) is 13.9. The standard InChI is InChI=1S/C50H29N5/c51-30-32-14-11-28-47-49(32)39-19-5-10-26-45(39)53(47)46-27-12-20-33(40(46)31-52)34-15-1-8-24-43(34)55-44-25-9-4-18-37(44)38-21-13-29-48(50(38)55)54-41-22-6-2-16-35(41)36-17-3-7-23-42(36)54/h1-29H. The van der Waals surface area contributed by atoms with Crippen LogP contribution in [0, 0.1) is 22.7 Å². The Bertz CT molecular complexity index is 3420. The van der Waals surface area contributed by atoms with Crippen LogP contribution in [0.15, 0.2) is 176 Å². The van der Waals surface area contributed by atoms with Gasteiger partial charge in [-0.1, -0.05) is 121 Å². The molecule has 11 rings (SSSR count). The first-order valence-electron chi connectivity index (χ1n) is 18.3. The molecule has 0 bridgehead atoms. The van der Waals surface area contributed by atoms with Gasteiger partial charge in [-0.05, 0) is 54.6 Å². The zero-order valence-electron chi connectivity index (χ0n) is 29.5. The van der Waals surface area contributed by atoms with Gasteiger partial charge in [-0.3, -0.25) is 0 Å². The predicted molar refractivity (Wildman–Crippen MR) is 224 cm³/mol. The smallest absolute Gasteiger partial charge is 0.102 e. The van der Waals surface area contributed by atoms with E-state index in [1.807, 2.05) is 48.5 Å². The fourth-order valence-corrected chi connectivity index (χ4v) is 8.95. The minimum Gasteiger partial charge on any atom is -0.308 e. The Balaban J connectivity index is 1.23. The molecular weight excluding hydrogens is 671 g/mol. The summed E-state index contributed by atoms with van der Waals surface area (Å²) in [4.78, 5) is 0. The van der Waals surface area contributed by atoms with E-state index in [9.17, 15) is 10.5 Å². The molecular formula is C50H29N5. The molecule has 55 heavy (non-hydrogen) atoms. The lowest BCUT2D eigenvalue weighted by Gasteiger charge is -2.19. The van der Waals surface area contributed by atoms with E-state index in [0.29, 0.717) is 11.1 Å². The number of hydrogen-bond donors (Lipinski definition) is 0. The molecule has 3 aromatic heterocycles. The van der Waals surface area contributed by atoms with Crippen molar-refractivity contribution < 1.29 is 0 Å². The minimum absolute atomic E-state index is 0.559. The highest BCUT2D eigenvalue weighted by Crippen LogP contribution is 2.43. The Hall–Kier alpha value is -7.86. The molecule has 0 spiro atoms. The summed E-state index contributed by atoms with van der Waals surface area (Å²) in [5.41, 5.74) is 12.1. The Morgan fingerprint density at radius 3 is 1.47 bits per heavy atom. The zero-order chi connectivity index (χ0) is 36.6. The summed E-state index contributed by atoms with van der Waals surface area (Å²) in [7, 11) is 0. The van der Waals surface area contributed by atoms with Gasteiger partial charge in [0.25, 0.3) is 0 Å². The van der Waals surface area contributed by atoms with Crippen LogP contribution in [0.25, 0.3) is 93.6 Å². The van der Waals surface area contributed by atoms with Gasteiger partial charge in [-0.2, -0.15) is 10.5 Å². The summed E-state index contributed by atoms with van der Waals surface area (Å²) in [6.45, 7) is 0. The summed E-state index contributed by atoms with van der Waals surface area (Å²) in [5.74, 6) is 0. The average molecular weight is 700 g/mol. The van der Waals surface area contributed by atoms with Crippen molar-refractivity contribution in [1.82, 2.24) is 13.7 Å². The first-order chi connectivity index (χ1) is 27.3. The molecule has 0 aliphatic rings. The van der Waals surface area contributed by atoms with Gasteiger partial charge in [-0.15, -0.1) is 0 Å². The van der Waals surface area contributed by atoms with Gasteiger partial charge in [0, 0.05) is 43.4 Å². The van der Waals surface area contributed by atoms with E-state index >= 15 is 0 Å². The first kappa shape index (κ1) is 30.7. The second-order valence-electron chi connectivity index (χ2n) is 13.9. The SMILES string of the molecule is N#Cc1c(-c2ccccc2-n2c3ccccc3c3cccc(-n4c5ccccc5c5ccccc54)c32)cccc1-n1c2ccccc2c2c(C#N)cccc21. The molecule has 3 heterocycles. The lowest BCUT2D eigenvalue weighted by Crippen LogP contribution is -2.04. The molecule has 5 heteroatoms. The van der Waals surface area contributed by atoms with Gasteiger partial charge in [0.05, 0.1) is 67.4 Å². The first-order valence-corrected chi connectivity index (χ1v) is 18.3. The van der Waals surface area contributed by atoms with Crippen LogP contribution in [0.2, 0.25) is 0 Å². The molecule has 0 amide bonds. The van der Waals surface area contributed by atoms with Crippen molar-refractivity contribution in [3.63, 3.8) is 0 Å². The molecule has 11 aromatic rings. The number of benzene rings is 8. The van der Waals surface area contributed by atoms with Crippen molar-refractivity contribution in [2.24, 2.45) is 0 Å². The van der Waals surface area contributed by atoms with Crippen LogP contribution in [0.4, 0.5) is 0 Å². The van der Waals surface area contributed by atoms with Gasteiger partial charge < -0.3 is 13.7 Å². The van der Waals surface area contributed by atoms with Crippen LogP contribution in [-0.2, 0) is 0 Å². The zero-order valence-corrected chi connectivity index (χ0v) is 29.5. The van der Waals surface area contributed by atoms with Gasteiger partial charge in [0.1, 0.15) is 6.07 Å². The van der Waals surface area contributed by atoms with Crippen LogP contribution in [0.1, 0.15) is 11.1 Å². The summed E-state index contributed by atoms with van der Waals surface area (Å²) in [6.07, 6.45) is 0. The summed E-state index contributed by atoms with van der Waals surface area (Å²) >= 11 is 0. The van der Waals surface area contributed by atoms with Crippen molar-refractivity contribution in [2.45, 2.75) is 0 Å². The van der Waals surface area contributed by atoms with E-state index < -0.39 is 0 Å². The highest BCUT2D eigenvalue weighted by Gasteiger charge is 2.24. The molecule has 0 N–H and O–H groups in total. The number of nitriles is 2. The number of para-hydroxylation sites is 6. The summed E-state index contributed by atoms with van der Waals surface area (Å²) in [6, 6.07) is 65.9. The van der Waals surface area contributed by atoms with E-state index in [-0.39, 0.29) is 0 Å². The molecule has 0 unspecified atom stereocenters. The van der Waals surface area contributed by atoms with Crippen LogP contribution in [0.3, 0.4) is 0 Å².